The number of amides is 1. The molecule has 0 radical (unpaired) electrons. The largest absolute Gasteiger partial charge is 0.487 e. The average molecular weight is 474 g/mol. The van der Waals surface area contributed by atoms with E-state index in [-0.39, 0.29) is 17.9 Å². The molecule has 6 nitrogen and oxygen atoms in total. The minimum absolute atomic E-state index is 0.102. The third-order valence-corrected chi connectivity index (χ3v) is 5.90. The Morgan fingerprint density at radius 1 is 1.09 bits per heavy atom. The van der Waals surface area contributed by atoms with E-state index in [4.69, 9.17) is 4.74 Å². The molecule has 0 aliphatic carbocycles. The number of nitrogens with one attached hydrogen (secondary N) is 1. The summed E-state index contributed by atoms with van der Waals surface area (Å²) in [6.45, 7) is 5.23. The number of carboxylic acids is 1. The number of hydrogen-bond acceptors (Lipinski definition) is 4. The highest BCUT2D eigenvalue weighted by Crippen LogP contribution is 2.32. The van der Waals surface area contributed by atoms with Crippen LogP contribution in [-0.2, 0) is 17.6 Å². The van der Waals surface area contributed by atoms with E-state index in [1.165, 1.54) is 24.4 Å². The molecule has 2 aromatic carbocycles. The summed E-state index contributed by atoms with van der Waals surface area (Å²) in [6.07, 6.45) is -0.840. The van der Waals surface area contributed by atoms with Gasteiger partial charge in [0.2, 0.25) is 0 Å². The predicted molar refractivity (Wildman–Crippen MR) is 120 cm³/mol. The zero-order valence-electron chi connectivity index (χ0n) is 18.9. The van der Waals surface area contributed by atoms with Crippen molar-refractivity contribution in [3.8, 4) is 5.75 Å². The summed E-state index contributed by atoms with van der Waals surface area (Å²) < 4.78 is 44.4. The quantitative estimate of drug-likeness (QED) is 0.453. The van der Waals surface area contributed by atoms with Gasteiger partial charge in [0.1, 0.15) is 18.4 Å². The van der Waals surface area contributed by atoms with Crippen LogP contribution in [0.15, 0.2) is 54.9 Å². The fourth-order valence-electron chi connectivity index (χ4n) is 3.42. The van der Waals surface area contributed by atoms with Crippen LogP contribution in [0.25, 0.3) is 10.8 Å². The molecule has 0 spiro atoms. The van der Waals surface area contributed by atoms with Gasteiger partial charge in [-0.15, -0.1) is 0 Å². The first kappa shape index (κ1) is 25.0. The maximum Gasteiger partial charge on any atom is 0.416 e. The van der Waals surface area contributed by atoms with Crippen molar-refractivity contribution in [3.05, 3.63) is 71.5 Å². The van der Waals surface area contributed by atoms with Crippen molar-refractivity contribution in [1.29, 1.82) is 0 Å². The molecule has 1 heterocycles. The number of rotatable bonds is 8. The fraction of sp³-hybridized carbons (Fsp3) is 0.320. The third kappa shape index (κ3) is 5.47. The van der Waals surface area contributed by atoms with Gasteiger partial charge in [-0.1, -0.05) is 39.0 Å². The van der Waals surface area contributed by atoms with Gasteiger partial charge < -0.3 is 15.2 Å². The van der Waals surface area contributed by atoms with Gasteiger partial charge in [0, 0.05) is 17.8 Å². The molecule has 2 N–H and O–H groups in total. The van der Waals surface area contributed by atoms with Crippen LogP contribution in [0.4, 0.5) is 13.2 Å². The normalized spacial score (nSPS) is 12.9. The molecule has 180 valence electrons. The molecule has 0 aliphatic heterocycles. The van der Waals surface area contributed by atoms with E-state index >= 15 is 0 Å². The van der Waals surface area contributed by atoms with Gasteiger partial charge in [-0.3, -0.25) is 9.78 Å². The number of aliphatic carboxylic acids is 1. The van der Waals surface area contributed by atoms with E-state index in [0.717, 1.165) is 17.5 Å². The summed E-state index contributed by atoms with van der Waals surface area (Å²) in [5, 5.41) is 13.5. The van der Waals surface area contributed by atoms with Gasteiger partial charge >= 0.3 is 12.1 Å². The Hall–Kier alpha value is -3.62. The Morgan fingerprint density at radius 3 is 2.35 bits per heavy atom. The summed E-state index contributed by atoms with van der Waals surface area (Å²) >= 11 is 0. The van der Waals surface area contributed by atoms with Gasteiger partial charge in [0.25, 0.3) is 5.91 Å². The molecule has 34 heavy (non-hydrogen) atoms. The zero-order chi connectivity index (χ0) is 25.1. The number of carbonyl (C=O) groups excluding carboxylic acids is 1. The van der Waals surface area contributed by atoms with Crippen molar-refractivity contribution in [3.63, 3.8) is 0 Å². The van der Waals surface area contributed by atoms with E-state index in [0.29, 0.717) is 17.4 Å². The van der Waals surface area contributed by atoms with E-state index in [1.54, 1.807) is 32.2 Å². The molecule has 1 atom stereocenters. The second-order valence-electron chi connectivity index (χ2n) is 8.61. The molecular formula is C25H25F3N2O4. The van der Waals surface area contributed by atoms with E-state index in [2.05, 4.69) is 10.3 Å². The van der Waals surface area contributed by atoms with Crippen molar-refractivity contribution < 1.29 is 32.6 Å². The highest BCUT2D eigenvalue weighted by atomic mass is 19.4. The molecule has 3 rings (SSSR count). The summed E-state index contributed by atoms with van der Waals surface area (Å²) in [7, 11) is 0. The smallest absolute Gasteiger partial charge is 0.416 e. The van der Waals surface area contributed by atoms with Crippen LogP contribution in [0.3, 0.4) is 0 Å². The van der Waals surface area contributed by atoms with Crippen LogP contribution in [0.5, 0.6) is 5.75 Å². The molecule has 0 saturated heterocycles. The number of halogens is 3. The van der Waals surface area contributed by atoms with Crippen molar-refractivity contribution >= 4 is 22.6 Å². The maximum atomic E-state index is 13.2. The number of carboxylic acid groups (broad SMARTS) is 1. The summed E-state index contributed by atoms with van der Waals surface area (Å²) in [5.41, 5.74) is -0.911. The first-order valence-electron chi connectivity index (χ1n) is 10.6. The van der Waals surface area contributed by atoms with E-state index < -0.39 is 35.1 Å². The highest BCUT2D eigenvalue weighted by Gasteiger charge is 2.36. The number of pyridine rings is 1. The standard InChI is InChI=1S/C25H25F3N2O4/c1-4-24(2,3)21(23(32)33)30-22(31)18-10-7-16-11-12-29-13-19(16)20(18)34-14-15-5-8-17(9-6-15)25(26,27)28/h5-13,21H,4,14H2,1-3H3,(H,30,31)(H,32,33)/t21-/m1/s1. The highest BCUT2D eigenvalue weighted by molar-refractivity contribution is 6.04. The number of hydrogen-bond donors (Lipinski definition) is 2. The van der Waals surface area contributed by atoms with Crippen LogP contribution < -0.4 is 10.1 Å². The lowest BCUT2D eigenvalue weighted by molar-refractivity contribution is -0.142. The lowest BCUT2D eigenvalue weighted by Gasteiger charge is -2.31. The molecule has 1 amide bonds. The Labute approximate surface area is 194 Å². The Balaban J connectivity index is 1.94. The lowest BCUT2D eigenvalue weighted by Crippen LogP contribution is -2.50. The monoisotopic (exact) mass is 474 g/mol. The average Bonchev–Trinajstić information content (AvgIpc) is 2.80. The van der Waals surface area contributed by atoms with Gasteiger partial charge in [-0.05, 0) is 47.1 Å². The molecule has 3 aromatic rings. The number of carbonyl (C=O) groups is 2. The second kappa shape index (κ2) is 9.70. The number of aromatic nitrogens is 1. The molecule has 9 heteroatoms. The first-order chi connectivity index (χ1) is 15.9. The topological polar surface area (TPSA) is 88.5 Å². The van der Waals surface area contributed by atoms with Gasteiger partial charge in [-0.25, -0.2) is 4.79 Å². The van der Waals surface area contributed by atoms with Crippen LogP contribution in [0.1, 0.15) is 48.7 Å². The van der Waals surface area contributed by atoms with Crippen molar-refractivity contribution in [2.24, 2.45) is 5.41 Å². The van der Waals surface area contributed by atoms with Crippen LogP contribution >= 0.6 is 0 Å². The zero-order valence-corrected chi connectivity index (χ0v) is 18.9. The van der Waals surface area contributed by atoms with E-state index in [1.807, 2.05) is 6.92 Å². The van der Waals surface area contributed by atoms with Gasteiger partial charge in [0.05, 0.1) is 11.1 Å². The Kier molecular flexibility index (Phi) is 7.14. The number of ether oxygens (including phenoxy) is 1. The maximum absolute atomic E-state index is 13.2. The number of nitrogens with zero attached hydrogens (tertiary/aromatic N) is 1. The number of benzene rings is 2. The summed E-state index contributed by atoms with van der Waals surface area (Å²) in [5.74, 6) is -1.63. The molecule has 0 saturated carbocycles. The number of fused-ring (bicyclic) bond motifs is 1. The second-order valence-corrected chi connectivity index (χ2v) is 8.61. The molecular weight excluding hydrogens is 449 g/mol. The number of alkyl halides is 3. The lowest BCUT2D eigenvalue weighted by atomic mass is 9.81. The molecule has 1 aromatic heterocycles. The van der Waals surface area contributed by atoms with Crippen molar-refractivity contribution in [1.82, 2.24) is 10.3 Å². The van der Waals surface area contributed by atoms with Crippen molar-refractivity contribution in [2.45, 2.75) is 46.0 Å². The molecule has 0 unspecified atom stereocenters. The summed E-state index contributed by atoms with van der Waals surface area (Å²) in [6, 6.07) is 8.32. The Bertz CT molecular complexity index is 1190. The van der Waals surface area contributed by atoms with Gasteiger partial charge in [-0.2, -0.15) is 13.2 Å². The first-order valence-corrected chi connectivity index (χ1v) is 10.6. The van der Waals surface area contributed by atoms with Gasteiger partial charge in [0.15, 0.2) is 0 Å². The molecule has 0 bridgehead atoms. The van der Waals surface area contributed by atoms with Crippen molar-refractivity contribution in [2.75, 3.05) is 0 Å². The van der Waals surface area contributed by atoms with E-state index in [9.17, 15) is 27.9 Å². The van der Waals surface area contributed by atoms with Crippen LogP contribution in [0, 0.1) is 5.41 Å². The fourth-order valence-corrected chi connectivity index (χ4v) is 3.42. The third-order valence-electron chi connectivity index (χ3n) is 5.90. The predicted octanol–water partition coefficient (Wildman–Crippen LogP) is 5.45. The molecule has 0 fully saturated rings. The minimum atomic E-state index is -4.45. The minimum Gasteiger partial charge on any atom is -0.487 e. The summed E-state index contributed by atoms with van der Waals surface area (Å²) in [4.78, 5) is 29.1. The van der Waals surface area contributed by atoms with Crippen LogP contribution in [0.2, 0.25) is 0 Å². The Morgan fingerprint density at radius 2 is 1.76 bits per heavy atom. The van der Waals surface area contributed by atoms with Crippen LogP contribution in [-0.4, -0.2) is 28.0 Å². The molecule has 0 aliphatic rings. The SMILES string of the molecule is CCC(C)(C)[C@H](NC(=O)c1ccc2ccncc2c1OCc1ccc(C(F)(F)F)cc1)C(=O)O.